The van der Waals surface area contributed by atoms with Gasteiger partial charge in [-0.2, -0.15) is 0 Å². The zero-order valence-electron chi connectivity index (χ0n) is 11.6. The Labute approximate surface area is 110 Å². The molecule has 0 aromatic rings. The van der Waals surface area contributed by atoms with Crippen molar-refractivity contribution in [2.75, 3.05) is 26.8 Å². The van der Waals surface area contributed by atoms with E-state index in [9.17, 15) is 0 Å². The molecule has 2 rings (SSSR count). The molecule has 0 aromatic heterocycles. The largest absolute Gasteiger partial charge is 0.382 e. The van der Waals surface area contributed by atoms with E-state index in [1.807, 2.05) is 6.92 Å². The number of hydrogen-bond acceptors (Lipinski definition) is 3. The lowest BCUT2D eigenvalue weighted by molar-refractivity contribution is 0.185. The highest BCUT2D eigenvalue weighted by molar-refractivity contribution is 5.79. The summed E-state index contributed by atoms with van der Waals surface area (Å²) < 4.78 is 5.12. The number of nitrogens with zero attached hydrogens (tertiary/aromatic N) is 2. The van der Waals surface area contributed by atoms with Crippen molar-refractivity contribution in [2.24, 2.45) is 22.7 Å². The molecule has 2 aliphatic rings. The van der Waals surface area contributed by atoms with Gasteiger partial charge < -0.3 is 9.64 Å². The van der Waals surface area contributed by atoms with E-state index in [1.165, 1.54) is 25.7 Å². The summed E-state index contributed by atoms with van der Waals surface area (Å²) in [6.45, 7) is 4.87. The first-order chi connectivity index (χ1) is 8.72. The molecular weight excluding hydrogens is 228 g/mol. The van der Waals surface area contributed by atoms with Gasteiger partial charge in [0.2, 0.25) is 5.96 Å². The monoisotopic (exact) mass is 254 g/mol. The van der Waals surface area contributed by atoms with Gasteiger partial charge in [0.1, 0.15) is 0 Å². The molecule has 5 nitrogen and oxygen atoms in total. The van der Waals surface area contributed by atoms with E-state index in [2.05, 4.69) is 15.3 Å². The van der Waals surface area contributed by atoms with Crippen molar-refractivity contribution in [3.05, 3.63) is 0 Å². The van der Waals surface area contributed by atoms with Crippen LogP contribution in [0, 0.1) is 11.8 Å². The molecule has 0 bridgehead atoms. The van der Waals surface area contributed by atoms with E-state index in [4.69, 9.17) is 10.6 Å². The zero-order chi connectivity index (χ0) is 13.0. The number of nitrogens with one attached hydrogen (secondary N) is 1. The molecule has 0 heterocycles. The number of nitrogens with two attached hydrogens (primary N) is 1. The molecular formula is C13H26N4O. The fourth-order valence-electron chi connectivity index (χ4n) is 2.17. The van der Waals surface area contributed by atoms with Gasteiger partial charge in [0.05, 0.1) is 12.6 Å². The standard InChI is InChI=1S/C13H26N4O/c1-10(9-18-2)15-13(16-14)17(7-11-3-4-11)8-12-5-6-12/h10-12H,3-9,14H2,1-2H3,(H,15,16). The fraction of sp³-hybridized carbons (Fsp3) is 0.923. The van der Waals surface area contributed by atoms with E-state index >= 15 is 0 Å². The first-order valence-corrected chi connectivity index (χ1v) is 7.01. The van der Waals surface area contributed by atoms with Crippen LogP contribution in [0.4, 0.5) is 0 Å². The molecule has 2 aliphatic carbocycles. The maximum atomic E-state index is 5.65. The summed E-state index contributed by atoms with van der Waals surface area (Å²) in [5.41, 5.74) is 2.78. The van der Waals surface area contributed by atoms with Crippen LogP contribution < -0.4 is 11.3 Å². The molecule has 18 heavy (non-hydrogen) atoms. The Morgan fingerprint density at radius 2 is 1.89 bits per heavy atom. The molecule has 0 saturated heterocycles. The molecule has 0 spiro atoms. The van der Waals surface area contributed by atoms with Crippen molar-refractivity contribution in [3.63, 3.8) is 0 Å². The summed E-state index contributed by atoms with van der Waals surface area (Å²) >= 11 is 0. The van der Waals surface area contributed by atoms with Crippen molar-refractivity contribution in [3.8, 4) is 0 Å². The maximum absolute atomic E-state index is 5.65. The van der Waals surface area contributed by atoms with Crippen molar-refractivity contribution in [1.29, 1.82) is 0 Å². The number of aliphatic imine (C=N–C) groups is 1. The Balaban J connectivity index is 1.93. The Hall–Kier alpha value is -0.810. The highest BCUT2D eigenvalue weighted by Crippen LogP contribution is 2.33. The minimum Gasteiger partial charge on any atom is -0.382 e. The topological polar surface area (TPSA) is 62.9 Å². The molecule has 1 atom stereocenters. The number of rotatable bonds is 7. The Morgan fingerprint density at radius 3 is 2.28 bits per heavy atom. The van der Waals surface area contributed by atoms with Crippen LogP contribution in [-0.2, 0) is 4.74 Å². The third-order valence-corrected chi connectivity index (χ3v) is 3.53. The minimum absolute atomic E-state index is 0.141. The number of hydrazine groups is 1. The molecule has 0 aromatic carbocycles. The SMILES string of the molecule is COCC(C)N=C(NN)N(CC1CC1)CC1CC1. The van der Waals surface area contributed by atoms with E-state index < -0.39 is 0 Å². The summed E-state index contributed by atoms with van der Waals surface area (Å²) in [6.07, 6.45) is 5.42. The highest BCUT2D eigenvalue weighted by Gasteiger charge is 2.30. The average molecular weight is 254 g/mol. The van der Waals surface area contributed by atoms with E-state index in [0.717, 1.165) is 30.9 Å². The Kier molecular flexibility index (Phi) is 4.83. The van der Waals surface area contributed by atoms with Crippen LogP contribution in [0.2, 0.25) is 0 Å². The third kappa shape index (κ3) is 4.46. The lowest BCUT2D eigenvalue weighted by atomic mass is 10.3. The minimum atomic E-state index is 0.141. The lowest BCUT2D eigenvalue weighted by Crippen LogP contribution is -2.47. The second-order valence-electron chi connectivity index (χ2n) is 5.69. The Morgan fingerprint density at radius 1 is 1.33 bits per heavy atom. The second kappa shape index (κ2) is 6.38. The van der Waals surface area contributed by atoms with Crippen LogP contribution in [0.25, 0.3) is 0 Å². The fourth-order valence-corrected chi connectivity index (χ4v) is 2.17. The molecule has 0 amide bonds. The molecule has 104 valence electrons. The first-order valence-electron chi connectivity index (χ1n) is 7.01. The predicted molar refractivity (Wildman–Crippen MR) is 73.1 cm³/mol. The van der Waals surface area contributed by atoms with Gasteiger partial charge in [-0.25, -0.2) is 10.8 Å². The van der Waals surface area contributed by atoms with Crippen molar-refractivity contribution < 1.29 is 4.74 Å². The zero-order valence-corrected chi connectivity index (χ0v) is 11.6. The van der Waals surface area contributed by atoms with Crippen molar-refractivity contribution >= 4 is 5.96 Å². The summed E-state index contributed by atoms with van der Waals surface area (Å²) in [5.74, 6) is 8.17. The smallest absolute Gasteiger partial charge is 0.208 e. The van der Waals surface area contributed by atoms with Gasteiger partial charge in [0.25, 0.3) is 0 Å². The van der Waals surface area contributed by atoms with Gasteiger partial charge in [-0.3, -0.25) is 5.43 Å². The maximum Gasteiger partial charge on any atom is 0.208 e. The molecule has 2 fully saturated rings. The predicted octanol–water partition coefficient (Wildman–Crippen LogP) is 0.963. The third-order valence-electron chi connectivity index (χ3n) is 3.53. The number of hydrogen-bond donors (Lipinski definition) is 2. The van der Waals surface area contributed by atoms with Crippen LogP contribution in [0.3, 0.4) is 0 Å². The van der Waals surface area contributed by atoms with Crippen LogP contribution in [-0.4, -0.2) is 43.7 Å². The summed E-state index contributed by atoms with van der Waals surface area (Å²) in [5, 5.41) is 0. The average Bonchev–Trinajstić information content (AvgIpc) is 3.20. The lowest BCUT2D eigenvalue weighted by Gasteiger charge is -2.26. The molecule has 3 N–H and O–H groups in total. The molecule has 5 heteroatoms. The van der Waals surface area contributed by atoms with Crippen LogP contribution in [0.15, 0.2) is 4.99 Å². The van der Waals surface area contributed by atoms with Gasteiger partial charge in [-0.05, 0) is 44.4 Å². The van der Waals surface area contributed by atoms with Crippen LogP contribution in [0.1, 0.15) is 32.6 Å². The molecule has 0 radical (unpaired) electrons. The van der Waals surface area contributed by atoms with Crippen LogP contribution in [0.5, 0.6) is 0 Å². The molecule has 0 aliphatic heterocycles. The van der Waals surface area contributed by atoms with E-state index in [1.54, 1.807) is 7.11 Å². The van der Waals surface area contributed by atoms with Gasteiger partial charge in [-0.15, -0.1) is 0 Å². The highest BCUT2D eigenvalue weighted by atomic mass is 16.5. The molecule has 2 saturated carbocycles. The Bertz CT molecular complexity index is 273. The van der Waals surface area contributed by atoms with Crippen molar-refractivity contribution in [2.45, 2.75) is 38.6 Å². The summed E-state index contributed by atoms with van der Waals surface area (Å²) in [6, 6.07) is 0.141. The van der Waals surface area contributed by atoms with Gasteiger partial charge >= 0.3 is 0 Å². The normalized spacial score (nSPS) is 21.8. The number of guanidine groups is 1. The van der Waals surface area contributed by atoms with Gasteiger partial charge in [0.15, 0.2) is 0 Å². The number of ether oxygens (including phenoxy) is 1. The number of methoxy groups -OCH3 is 1. The summed E-state index contributed by atoms with van der Waals surface area (Å²) in [4.78, 5) is 6.96. The van der Waals surface area contributed by atoms with E-state index in [-0.39, 0.29) is 6.04 Å². The van der Waals surface area contributed by atoms with Gasteiger partial charge in [0, 0.05) is 20.2 Å². The summed E-state index contributed by atoms with van der Waals surface area (Å²) in [7, 11) is 1.70. The van der Waals surface area contributed by atoms with Crippen LogP contribution >= 0.6 is 0 Å². The first kappa shape index (κ1) is 13.6. The van der Waals surface area contributed by atoms with Crippen molar-refractivity contribution in [1.82, 2.24) is 10.3 Å². The van der Waals surface area contributed by atoms with Gasteiger partial charge in [-0.1, -0.05) is 0 Å². The quantitative estimate of drug-likeness (QED) is 0.307. The molecule has 1 unspecified atom stereocenters. The van der Waals surface area contributed by atoms with E-state index in [0.29, 0.717) is 6.61 Å². The second-order valence-corrected chi connectivity index (χ2v) is 5.69.